The fourth-order valence-electron chi connectivity index (χ4n) is 3.06. The monoisotopic (exact) mass is 258 g/mol. The summed E-state index contributed by atoms with van der Waals surface area (Å²) in [4.78, 5) is 14.7. The zero-order valence-corrected chi connectivity index (χ0v) is 11.8. The summed E-state index contributed by atoms with van der Waals surface area (Å²) < 4.78 is 0. The number of benzene rings is 1. The van der Waals surface area contributed by atoms with Gasteiger partial charge in [-0.1, -0.05) is 32.0 Å². The minimum atomic E-state index is 0.0115. The van der Waals surface area contributed by atoms with Crippen molar-refractivity contribution < 1.29 is 4.79 Å². The van der Waals surface area contributed by atoms with Crippen molar-refractivity contribution in [2.24, 2.45) is 5.41 Å². The van der Waals surface area contributed by atoms with Crippen LogP contribution in [0.2, 0.25) is 0 Å². The van der Waals surface area contributed by atoms with Crippen molar-refractivity contribution in [3.05, 3.63) is 29.8 Å². The van der Waals surface area contributed by atoms with E-state index in [1.807, 2.05) is 12.1 Å². The number of fused-ring (bicyclic) bond motifs is 1. The molecule has 1 fully saturated rings. The molecule has 3 rings (SSSR count). The Kier molecular flexibility index (Phi) is 3.00. The Hall–Kier alpha value is -1.51. The fraction of sp³-hybridized carbons (Fsp3) is 0.562. The first-order valence-corrected chi connectivity index (χ1v) is 7.18. The van der Waals surface area contributed by atoms with Crippen molar-refractivity contribution in [3.8, 4) is 0 Å². The number of hydrogen-bond acceptors (Lipinski definition) is 2. The first kappa shape index (κ1) is 12.5. The number of piperidine rings is 1. The molecule has 1 atom stereocenters. The molecule has 0 radical (unpaired) electrons. The zero-order chi connectivity index (χ0) is 13.5. The van der Waals surface area contributed by atoms with Crippen LogP contribution < -0.4 is 5.32 Å². The summed E-state index contributed by atoms with van der Waals surface area (Å²) in [5.74, 6) is 0.311. The molecule has 0 spiro atoms. The summed E-state index contributed by atoms with van der Waals surface area (Å²) in [5.41, 5.74) is 2.68. The second-order valence-electron chi connectivity index (χ2n) is 6.51. The molecule has 1 saturated heterocycles. The average Bonchev–Trinajstić information content (AvgIpc) is 2.82. The third-order valence-electron chi connectivity index (χ3n) is 4.56. The highest BCUT2D eigenvalue weighted by atomic mass is 16.2. The van der Waals surface area contributed by atoms with Gasteiger partial charge in [0.1, 0.15) is 0 Å². The molecule has 3 heteroatoms. The molecule has 1 unspecified atom stereocenters. The third kappa shape index (κ3) is 2.34. The molecule has 1 aromatic carbocycles. The van der Waals surface area contributed by atoms with Crippen LogP contribution in [0.4, 0.5) is 5.69 Å². The second-order valence-corrected chi connectivity index (χ2v) is 6.51. The molecule has 0 saturated carbocycles. The molecular weight excluding hydrogens is 236 g/mol. The Morgan fingerprint density at radius 1 is 1.26 bits per heavy atom. The first-order chi connectivity index (χ1) is 9.07. The molecule has 1 N–H and O–H groups in total. The van der Waals surface area contributed by atoms with Crippen LogP contribution in [0.3, 0.4) is 0 Å². The molecule has 0 bridgehead atoms. The van der Waals surface area contributed by atoms with E-state index in [2.05, 4.69) is 36.2 Å². The highest BCUT2D eigenvalue weighted by Crippen LogP contribution is 2.35. The van der Waals surface area contributed by atoms with Crippen molar-refractivity contribution in [2.45, 2.75) is 32.6 Å². The van der Waals surface area contributed by atoms with E-state index in [1.165, 1.54) is 0 Å². The minimum absolute atomic E-state index is 0.0115. The van der Waals surface area contributed by atoms with Gasteiger partial charge in [0.25, 0.3) is 0 Å². The normalized spacial score (nSPS) is 24.7. The van der Waals surface area contributed by atoms with E-state index >= 15 is 0 Å². The van der Waals surface area contributed by atoms with Gasteiger partial charge in [0, 0.05) is 25.3 Å². The highest BCUT2D eigenvalue weighted by Gasteiger charge is 2.34. The van der Waals surface area contributed by atoms with Crippen molar-refractivity contribution in [1.29, 1.82) is 0 Å². The van der Waals surface area contributed by atoms with Gasteiger partial charge in [-0.2, -0.15) is 0 Å². The molecule has 2 aliphatic rings. The minimum Gasteiger partial charge on any atom is -0.384 e. The lowest BCUT2D eigenvalue weighted by molar-refractivity contribution is -0.134. The third-order valence-corrected chi connectivity index (χ3v) is 4.56. The van der Waals surface area contributed by atoms with Crippen LogP contribution in [0.15, 0.2) is 24.3 Å². The predicted octanol–water partition coefficient (Wildman–Crippen LogP) is 2.84. The van der Waals surface area contributed by atoms with Gasteiger partial charge >= 0.3 is 0 Å². The molecule has 2 aliphatic heterocycles. The number of nitrogens with zero attached hydrogens (tertiary/aromatic N) is 1. The highest BCUT2D eigenvalue weighted by molar-refractivity contribution is 5.88. The topological polar surface area (TPSA) is 32.3 Å². The van der Waals surface area contributed by atoms with Gasteiger partial charge in [0.05, 0.1) is 5.92 Å². The van der Waals surface area contributed by atoms with Gasteiger partial charge in [-0.15, -0.1) is 0 Å². The van der Waals surface area contributed by atoms with Gasteiger partial charge in [0.15, 0.2) is 0 Å². The lowest BCUT2D eigenvalue weighted by atomic mass is 9.82. The molecule has 1 amide bonds. The van der Waals surface area contributed by atoms with Crippen LogP contribution >= 0.6 is 0 Å². The Morgan fingerprint density at radius 3 is 2.68 bits per heavy atom. The lowest BCUT2D eigenvalue weighted by Crippen LogP contribution is -2.43. The van der Waals surface area contributed by atoms with E-state index < -0.39 is 0 Å². The molecule has 2 heterocycles. The van der Waals surface area contributed by atoms with E-state index in [0.717, 1.165) is 43.7 Å². The van der Waals surface area contributed by atoms with E-state index in [4.69, 9.17) is 0 Å². The number of anilines is 1. The van der Waals surface area contributed by atoms with E-state index in [-0.39, 0.29) is 5.92 Å². The number of nitrogens with one attached hydrogen (secondary N) is 1. The van der Waals surface area contributed by atoms with Crippen molar-refractivity contribution in [2.75, 3.05) is 25.0 Å². The lowest BCUT2D eigenvalue weighted by Gasteiger charge is -2.38. The number of amides is 1. The number of para-hydroxylation sites is 1. The Bertz CT molecular complexity index is 485. The van der Waals surface area contributed by atoms with Crippen molar-refractivity contribution in [3.63, 3.8) is 0 Å². The van der Waals surface area contributed by atoms with E-state index in [9.17, 15) is 4.79 Å². The van der Waals surface area contributed by atoms with Crippen molar-refractivity contribution >= 4 is 11.6 Å². The fourth-order valence-corrected chi connectivity index (χ4v) is 3.06. The first-order valence-electron chi connectivity index (χ1n) is 7.18. The molecule has 1 aromatic rings. The van der Waals surface area contributed by atoms with Gasteiger partial charge in [0.2, 0.25) is 5.91 Å². The van der Waals surface area contributed by atoms with Crippen LogP contribution in [0.25, 0.3) is 0 Å². The van der Waals surface area contributed by atoms with E-state index in [0.29, 0.717) is 11.3 Å². The smallest absolute Gasteiger partial charge is 0.231 e. The van der Waals surface area contributed by atoms with Crippen molar-refractivity contribution in [1.82, 2.24) is 4.90 Å². The van der Waals surface area contributed by atoms with Gasteiger partial charge < -0.3 is 10.2 Å². The number of carbonyl (C=O) groups is 1. The Balaban J connectivity index is 1.73. The summed E-state index contributed by atoms with van der Waals surface area (Å²) in [6.45, 7) is 7.15. The SMILES string of the molecule is CC1(C)CCN(C(=O)C2CNc3ccccc32)CC1. The van der Waals surface area contributed by atoms with Gasteiger partial charge in [-0.05, 0) is 29.9 Å². The van der Waals surface area contributed by atoms with Crippen LogP contribution in [0.1, 0.15) is 38.2 Å². The van der Waals surface area contributed by atoms with E-state index in [1.54, 1.807) is 0 Å². The second kappa shape index (κ2) is 4.55. The summed E-state index contributed by atoms with van der Waals surface area (Å²) in [6.07, 6.45) is 2.22. The summed E-state index contributed by atoms with van der Waals surface area (Å²) in [7, 11) is 0. The summed E-state index contributed by atoms with van der Waals surface area (Å²) in [5, 5.41) is 3.34. The standard InChI is InChI=1S/C16H22N2O/c1-16(2)7-9-18(10-8-16)15(19)13-11-17-14-6-4-3-5-12(13)14/h3-6,13,17H,7-11H2,1-2H3. The van der Waals surface area contributed by atoms with Crippen LogP contribution in [0, 0.1) is 5.41 Å². The molecule has 0 aromatic heterocycles. The average molecular weight is 258 g/mol. The molecule has 3 nitrogen and oxygen atoms in total. The largest absolute Gasteiger partial charge is 0.384 e. The molecule has 0 aliphatic carbocycles. The molecule has 19 heavy (non-hydrogen) atoms. The molecule has 102 valence electrons. The number of hydrogen-bond donors (Lipinski definition) is 1. The maximum Gasteiger partial charge on any atom is 0.231 e. The van der Waals surface area contributed by atoms with Crippen LogP contribution in [-0.2, 0) is 4.79 Å². The summed E-state index contributed by atoms with van der Waals surface area (Å²) in [6, 6.07) is 8.17. The Labute approximate surface area is 115 Å². The van der Waals surface area contributed by atoms with Crippen LogP contribution in [-0.4, -0.2) is 30.4 Å². The summed E-state index contributed by atoms with van der Waals surface area (Å²) >= 11 is 0. The maximum atomic E-state index is 12.7. The van der Waals surface area contributed by atoms with Gasteiger partial charge in [-0.25, -0.2) is 0 Å². The van der Waals surface area contributed by atoms with Crippen LogP contribution in [0.5, 0.6) is 0 Å². The quantitative estimate of drug-likeness (QED) is 0.840. The predicted molar refractivity (Wildman–Crippen MR) is 77.3 cm³/mol. The zero-order valence-electron chi connectivity index (χ0n) is 11.8. The number of likely N-dealkylation sites (tertiary alicyclic amines) is 1. The Morgan fingerprint density at radius 2 is 1.95 bits per heavy atom. The number of carbonyl (C=O) groups excluding carboxylic acids is 1. The van der Waals surface area contributed by atoms with Gasteiger partial charge in [-0.3, -0.25) is 4.79 Å². The molecular formula is C16H22N2O. The number of rotatable bonds is 1. The maximum absolute atomic E-state index is 12.7.